The van der Waals surface area contributed by atoms with E-state index in [1.165, 1.54) is 21.6 Å². The van der Waals surface area contributed by atoms with E-state index in [9.17, 15) is 29.4 Å². The Morgan fingerprint density at radius 3 is 1.75 bits per heavy atom. The zero-order valence-corrected chi connectivity index (χ0v) is 21.3. The van der Waals surface area contributed by atoms with Crippen LogP contribution in [0.25, 0.3) is 0 Å². The van der Waals surface area contributed by atoms with Crippen molar-refractivity contribution in [3.8, 4) is 0 Å². The number of benzene rings is 2. The molecule has 7 N–H and O–H groups in total. The number of nitrogens with one attached hydrogen (secondary N) is 1. The molecular formula is C25H31N3O6S2. The fourth-order valence-electron chi connectivity index (χ4n) is 3.28. The minimum Gasteiger partial charge on any atom is -0.481 e. The normalized spacial score (nSPS) is 14.3. The molecule has 0 aliphatic carbocycles. The summed E-state index contributed by atoms with van der Waals surface area (Å²) in [5, 5.41) is 21.4. The van der Waals surface area contributed by atoms with Crippen LogP contribution in [0.2, 0.25) is 0 Å². The van der Waals surface area contributed by atoms with Gasteiger partial charge in [-0.3, -0.25) is 14.4 Å². The van der Waals surface area contributed by atoms with E-state index >= 15 is 0 Å². The third kappa shape index (κ3) is 10.4. The van der Waals surface area contributed by atoms with Crippen LogP contribution in [0.3, 0.4) is 0 Å². The predicted molar refractivity (Wildman–Crippen MR) is 141 cm³/mol. The van der Waals surface area contributed by atoms with E-state index in [-0.39, 0.29) is 36.6 Å². The fourth-order valence-corrected chi connectivity index (χ4v) is 5.56. The van der Waals surface area contributed by atoms with Crippen molar-refractivity contribution in [2.75, 3.05) is 11.5 Å². The van der Waals surface area contributed by atoms with Crippen molar-refractivity contribution in [1.29, 1.82) is 0 Å². The second-order valence-electron chi connectivity index (χ2n) is 8.27. The Morgan fingerprint density at radius 1 is 0.750 bits per heavy atom. The molecule has 9 nitrogen and oxygen atoms in total. The molecule has 4 unspecified atom stereocenters. The first-order valence-corrected chi connectivity index (χ1v) is 13.8. The lowest BCUT2D eigenvalue weighted by Crippen LogP contribution is -2.50. The number of Topliss-reactive ketones (excluding diaryl/α,β-unsaturated/α-hetero) is 1. The standard InChI is InChI=1S/C25H31N3O6S2/c26-19(22(29)13-18(24(31)32)11-16-7-3-1-4-8-16)14-35-36-15-20(27)23(30)28-21(25(33)34)12-17-9-5-2-6-10-17/h1-10,18-21H,11-15,26-27H2,(H,28,30)(H,31,32)(H,33,34). The third-order valence-corrected chi connectivity index (χ3v) is 7.82. The lowest BCUT2D eigenvalue weighted by Gasteiger charge is -2.18. The molecular weight excluding hydrogens is 502 g/mol. The molecule has 194 valence electrons. The number of ketones is 1. The molecule has 0 bridgehead atoms. The molecule has 36 heavy (non-hydrogen) atoms. The zero-order valence-electron chi connectivity index (χ0n) is 19.6. The van der Waals surface area contributed by atoms with E-state index < -0.39 is 41.9 Å². The van der Waals surface area contributed by atoms with Gasteiger partial charge in [-0.2, -0.15) is 0 Å². The molecule has 1 amide bonds. The Hall–Kier alpha value is -2.86. The Balaban J connectivity index is 1.74. The van der Waals surface area contributed by atoms with Crippen LogP contribution in [0.15, 0.2) is 60.7 Å². The maximum atomic E-state index is 12.5. The highest BCUT2D eigenvalue weighted by molar-refractivity contribution is 8.76. The highest BCUT2D eigenvalue weighted by atomic mass is 33.1. The summed E-state index contributed by atoms with van der Waals surface area (Å²) < 4.78 is 0. The lowest BCUT2D eigenvalue weighted by molar-refractivity contribution is -0.143. The SMILES string of the molecule is NC(CSSCC(N)C(=O)NC(Cc1ccccc1)C(=O)O)C(=O)CC(Cc1ccccc1)C(=O)O. The average molecular weight is 534 g/mol. The van der Waals surface area contributed by atoms with Crippen molar-refractivity contribution in [3.63, 3.8) is 0 Å². The van der Waals surface area contributed by atoms with Crippen LogP contribution in [-0.2, 0) is 32.0 Å². The molecule has 0 saturated heterocycles. The number of carbonyl (C=O) groups is 4. The average Bonchev–Trinajstić information content (AvgIpc) is 2.86. The molecule has 0 aliphatic heterocycles. The van der Waals surface area contributed by atoms with Gasteiger partial charge in [-0.05, 0) is 17.5 Å². The van der Waals surface area contributed by atoms with Gasteiger partial charge in [-0.1, -0.05) is 82.3 Å². The van der Waals surface area contributed by atoms with Gasteiger partial charge >= 0.3 is 11.9 Å². The van der Waals surface area contributed by atoms with Crippen LogP contribution >= 0.6 is 21.6 Å². The monoisotopic (exact) mass is 533 g/mol. The number of carbonyl (C=O) groups excluding carboxylic acids is 2. The summed E-state index contributed by atoms with van der Waals surface area (Å²) in [5.41, 5.74) is 13.5. The van der Waals surface area contributed by atoms with Crippen molar-refractivity contribution in [1.82, 2.24) is 5.32 Å². The summed E-state index contributed by atoms with van der Waals surface area (Å²) in [6, 6.07) is 15.1. The molecule has 0 saturated carbocycles. The van der Waals surface area contributed by atoms with Crippen LogP contribution < -0.4 is 16.8 Å². The number of hydrogen-bond acceptors (Lipinski definition) is 8. The van der Waals surface area contributed by atoms with Crippen molar-refractivity contribution in [2.24, 2.45) is 17.4 Å². The van der Waals surface area contributed by atoms with Crippen LogP contribution in [0.5, 0.6) is 0 Å². The molecule has 0 aliphatic rings. The van der Waals surface area contributed by atoms with E-state index in [4.69, 9.17) is 11.5 Å². The van der Waals surface area contributed by atoms with Gasteiger partial charge in [0.2, 0.25) is 5.91 Å². The van der Waals surface area contributed by atoms with Crippen molar-refractivity contribution in [2.45, 2.75) is 37.4 Å². The molecule has 0 radical (unpaired) electrons. The van der Waals surface area contributed by atoms with Gasteiger partial charge in [0.25, 0.3) is 0 Å². The third-order valence-electron chi connectivity index (χ3n) is 5.35. The van der Waals surface area contributed by atoms with Crippen molar-refractivity contribution < 1.29 is 29.4 Å². The number of aliphatic carboxylic acids is 2. The summed E-state index contributed by atoms with van der Waals surface area (Å²) in [7, 11) is 2.49. The Labute approximate surface area is 217 Å². The quantitative estimate of drug-likeness (QED) is 0.158. The Morgan fingerprint density at radius 2 is 1.25 bits per heavy atom. The van der Waals surface area contributed by atoms with Crippen molar-refractivity contribution >= 4 is 45.2 Å². The van der Waals surface area contributed by atoms with E-state index in [1.54, 1.807) is 24.3 Å². The van der Waals surface area contributed by atoms with E-state index in [0.717, 1.165) is 11.1 Å². The Kier molecular flexibility index (Phi) is 12.5. The summed E-state index contributed by atoms with van der Waals surface area (Å²) in [6.07, 6.45) is 0.202. The van der Waals surface area contributed by atoms with E-state index in [1.807, 2.05) is 36.4 Å². The first-order chi connectivity index (χ1) is 17.2. The molecule has 0 fully saturated rings. The first kappa shape index (κ1) is 29.4. The van der Waals surface area contributed by atoms with Gasteiger partial charge in [-0.25, -0.2) is 4.79 Å². The fraction of sp³-hybridized carbons (Fsp3) is 0.360. The summed E-state index contributed by atoms with van der Waals surface area (Å²) in [4.78, 5) is 48.0. The van der Waals surface area contributed by atoms with Gasteiger partial charge < -0.3 is 27.0 Å². The minimum atomic E-state index is -1.15. The highest BCUT2D eigenvalue weighted by Crippen LogP contribution is 2.23. The van der Waals surface area contributed by atoms with Crippen LogP contribution in [-0.4, -0.2) is 63.5 Å². The lowest BCUT2D eigenvalue weighted by atomic mass is 9.93. The Bertz CT molecular complexity index is 928. The number of amides is 1. The number of rotatable bonds is 16. The molecule has 4 atom stereocenters. The minimum absolute atomic E-state index is 0.134. The molecule has 2 aromatic rings. The summed E-state index contributed by atoms with van der Waals surface area (Å²) in [5.74, 6) is -3.60. The topological polar surface area (TPSA) is 173 Å². The summed E-state index contributed by atoms with van der Waals surface area (Å²) >= 11 is 0. The molecule has 0 aromatic heterocycles. The van der Waals surface area contributed by atoms with E-state index in [0.29, 0.717) is 0 Å². The second kappa shape index (κ2) is 15.3. The van der Waals surface area contributed by atoms with Gasteiger partial charge in [0.05, 0.1) is 18.0 Å². The molecule has 11 heteroatoms. The number of nitrogens with two attached hydrogens (primary N) is 2. The highest BCUT2D eigenvalue weighted by Gasteiger charge is 2.26. The zero-order chi connectivity index (χ0) is 26.5. The largest absolute Gasteiger partial charge is 0.481 e. The van der Waals surface area contributed by atoms with Gasteiger partial charge in [0.15, 0.2) is 5.78 Å². The number of carboxylic acid groups (broad SMARTS) is 2. The van der Waals surface area contributed by atoms with Gasteiger partial charge in [0, 0.05) is 24.3 Å². The number of hydrogen-bond donors (Lipinski definition) is 5. The molecule has 2 rings (SSSR count). The van der Waals surface area contributed by atoms with Crippen LogP contribution in [0, 0.1) is 5.92 Å². The van der Waals surface area contributed by atoms with Crippen LogP contribution in [0.1, 0.15) is 17.5 Å². The van der Waals surface area contributed by atoms with Crippen LogP contribution in [0.4, 0.5) is 0 Å². The van der Waals surface area contributed by atoms with E-state index in [2.05, 4.69) is 5.32 Å². The molecule has 0 spiro atoms. The van der Waals surface area contributed by atoms with Gasteiger partial charge in [-0.15, -0.1) is 0 Å². The smallest absolute Gasteiger partial charge is 0.326 e. The number of carboxylic acids is 2. The maximum Gasteiger partial charge on any atom is 0.326 e. The van der Waals surface area contributed by atoms with Gasteiger partial charge in [0.1, 0.15) is 6.04 Å². The first-order valence-electron chi connectivity index (χ1n) is 11.3. The van der Waals surface area contributed by atoms with Crippen molar-refractivity contribution in [3.05, 3.63) is 71.8 Å². The summed E-state index contributed by atoms with van der Waals surface area (Å²) in [6.45, 7) is 0. The predicted octanol–water partition coefficient (Wildman–Crippen LogP) is 1.74. The molecule has 0 heterocycles. The second-order valence-corrected chi connectivity index (χ2v) is 10.8. The maximum absolute atomic E-state index is 12.5. The molecule has 2 aromatic carbocycles.